The normalized spacial score (nSPS) is 10.1. The summed E-state index contributed by atoms with van der Waals surface area (Å²) in [7, 11) is 0. The van der Waals surface area contributed by atoms with Crippen molar-refractivity contribution in [2.45, 2.75) is 12.3 Å². The Labute approximate surface area is 114 Å². The Balaban J connectivity index is 2.11. The molecule has 0 spiro atoms. The summed E-state index contributed by atoms with van der Waals surface area (Å²) >= 11 is 3.38. The van der Waals surface area contributed by atoms with Crippen molar-refractivity contribution in [3.8, 4) is 0 Å². The summed E-state index contributed by atoms with van der Waals surface area (Å²) in [6, 6.07) is 13.1. The quantitative estimate of drug-likeness (QED) is 0.881. The molecule has 1 N–H and O–H groups in total. The van der Waals surface area contributed by atoms with Gasteiger partial charge in [0.1, 0.15) is 5.69 Å². The lowest BCUT2D eigenvalue weighted by Crippen LogP contribution is -2.13. The number of nitrogens with zero attached hydrogens (tertiary/aromatic N) is 1. The van der Waals surface area contributed by atoms with E-state index in [1.54, 1.807) is 6.07 Å². The van der Waals surface area contributed by atoms with Crippen LogP contribution in [0.4, 0.5) is 5.69 Å². The van der Waals surface area contributed by atoms with Crippen LogP contribution in [-0.4, -0.2) is 10.9 Å². The average molecular weight is 305 g/mol. The molecule has 0 unspecified atom stereocenters. The molecule has 18 heavy (non-hydrogen) atoms. The maximum atomic E-state index is 11.9. The zero-order valence-electron chi connectivity index (χ0n) is 9.98. The minimum Gasteiger partial charge on any atom is -0.321 e. The molecular weight excluding hydrogens is 292 g/mol. The molecule has 2 rings (SSSR count). The Morgan fingerprint density at radius 3 is 2.56 bits per heavy atom. The second-order valence-corrected chi connectivity index (χ2v) is 4.51. The minimum absolute atomic E-state index is 0.190. The molecule has 0 saturated heterocycles. The molecule has 0 aliphatic heterocycles. The second-order valence-electron chi connectivity index (χ2n) is 3.95. The molecular formula is C14H13BrN2O. The number of hydrogen-bond acceptors (Lipinski definition) is 2. The highest BCUT2D eigenvalue weighted by Crippen LogP contribution is 2.12. The Morgan fingerprint density at radius 2 is 1.94 bits per heavy atom. The molecule has 2 aromatic rings. The van der Waals surface area contributed by atoms with E-state index in [1.165, 1.54) is 5.56 Å². The zero-order valence-corrected chi connectivity index (χ0v) is 11.6. The fourth-order valence-electron chi connectivity index (χ4n) is 1.54. The summed E-state index contributed by atoms with van der Waals surface area (Å²) in [4.78, 5) is 16.1. The van der Waals surface area contributed by atoms with Gasteiger partial charge in [0.05, 0.1) is 0 Å². The van der Waals surface area contributed by atoms with Crippen molar-refractivity contribution in [2.24, 2.45) is 0 Å². The molecule has 0 atom stereocenters. The number of carbonyl (C=O) groups is 1. The van der Waals surface area contributed by atoms with Crippen molar-refractivity contribution in [2.75, 3.05) is 5.32 Å². The van der Waals surface area contributed by atoms with Crippen LogP contribution in [0.25, 0.3) is 0 Å². The van der Waals surface area contributed by atoms with Crippen LogP contribution in [0.2, 0.25) is 0 Å². The molecule has 3 nitrogen and oxygen atoms in total. The highest BCUT2D eigenvalue weighted by molar-refractivity contribution is 9.08. The number of alkyl halides is 1. The predicted octanol–water partition coefficient (Wildman–Crippen LogP) is 3.54. The van der Waals surface area contributed by atoms with Gasteiger partial charge in [-0.1, -0.05) is 34.1 Å². The van der Waals surface area contributed by atoms with Crippen molar-refractivity contribution in [1.29, 1.82) is 0 Å². The van der Waals surface area contributed by atoms with E-state index >= 15 is 0 Å². The van der Waals surface area contributed by atoms with E-state index in [2.05, 4.69) is 26.2 Å². The Bertz CT molecular complexity index is 552. The first-order valence-electron chi connectivity index (χ1n) is 5.59. The summed E-state index contributed by atoms with van der Waals surface area (Å²) in [5.41, 5.74) is 3.20. The minimum atomic E-state index is -0.190. The zero-order chi connectivity index (χ0) is 13.0. The van der Waals surface area contributed by atoms with Crippen molar-refractivity contribution in [3.63, 3.8) is 0 Å². The van der Waals surface area contributed by atoms with Crippen molar-refractivity contribution >= 4 is 27.5 Å². The van der Waals surface area contributed by atoms with Gasteiger partial charge in [-0.05, 0) is 36.8 Å². The van der Waals surface area contributed by atoms with E-state index < -0.39 is 0 Å². The van der Waals surface area contributed by atoms with Crippen LogP contribution in [0.15, 0.2) is 42.5 Å². The first-order chi connectivity index (χ1) is 8.69. The number of anilines is 1. The smallest absolute Gasteiger partial charge is 0.274 e. The van der Waals surface area contributed by atoms with Gasteiger partial charge in [-0.2, -0.15) is 0 Å². The molecule has 1 amide bonds. The molecule has 0 fully saturated rings. The van der Waals surface area contributed by atoms with Crippen molar-refractivity contribution in [1.82, 2.24) is 4.98 Å². The molecule has 0 aliphatic rings. The van der Waals surface area contributed by atoms with E-state index in [4.69, 9.17) is 0 Å². The van der Waals surface area contributed by atoms with Crippen molar-refractivity contribution < 1.29 is 4.79 Å². The lowest BCUT2D eigenvalue weighted by atomic mass is 10.2. The summed E-state index contributed by atoms with van der Waals surface area (Å²) in [5.74, 6) is -0.190. The molecule has 1 heterocycles. The van der Waals surface area contributed by atoms with Gasteiger partial charge < -0.3 is 5.32 Å². The van der Waals surface area contributed by atoms with E-state index in [0.717, 1.165) is 16.7 Å². The predicted molar refractivity (Wildman–Crippen MR) is 76.0 cm³/mol. The van der Waals surface area contributed by atoms with Crippen LogP contribution in [0.3, 0.4) is 0 Å². The number of benzene rings is 1. The molecule has 4 heteroatoms. The third-order valence-electron chi connectivity index (χ3n) is 2.49. The molecule has 0 radical (unpaired) electrons. The van der Waals surface area contributed by atoms with Crippen LogP contribution in [-0.2, 0) is 5.33 Å². The van der Waals surface area contributed by atoms with Crippen LogP contribution < -0.4 is 5.32 Å². The van der Waals surface area contributed by atoms with Crippen LogP contribution in [0.1, 0.15) is 21.7 Å². The van der Waals surface area contributed by atoms with Gasteiger partial charge in [0.15, 0.2) is 0 Å². The summed E-state index contributed by atoms with van der Waals surface area (Å²) in [6.45, 7) is 1.86. The number of amides is 1. The number of nitrogens with one attached hydrogen (secondary N) is 1. The first kappa shape index (κ1) is 12.8. The number of aryl methyl sites for hydroxylation is 1. The molecule has 1 aromatic heterocycles. The van der Waals surface area contributed by atoms with Gasteiger partial charge in [0, 0.05) is 16.7 Å². The molecule has 0 saturated carbocycles. The van der Waals surface area contributed by atoms with E-state index in [1.807, 2.05) is 43.3 Å². The van der Waals surface area contributed by atoms with Gasteiger partial charge in [-0.15, -0.1) is 0 Å². The van der Waals surface area contributed by atoms with Crippen LogP contribution in [0, 0.1) is 6.92 Å². The number of halogens is 1. The van der Waals surface area contributed by atoms with Gasteiger partial charge >= 0.3 is 0 Å². The number of pyridine rings is 1. The fraction of sp³-hybridized carbons (Fsp3) is 0.143. The van der Waals surface area contributed by atoms with Gasteiger partial charge in [0.25, 0.3) is 5.91 Å². The monoisotopic (exact) mass is 304 g/mol. The molecule has 0 bridgehead atoms. The summed E-state index contributed by atoms with van der Waals surface area (Å²) in [6.07, 6.45) is 0. The SMILES string of the molecule is Cc1cccc(C(=O)Nc2ccc(CBr)cc2)n1. The third-order valence-corrected chi connectivity index (χ3v) is 3.13. The van der Waals surface area contributed by atoms with E-state index in [-0.39, 0.29) is 5.91 Å². The molecule has 0 aliphatic carbocycles. The van der Waals surface area contributed by atoms with Crippen LogP contribution >= 0.6 is 15.9 Å². The van der Waals surface area contributed by atoms with Crippen molar-refractivity contribution in [3.05, 3.63) is 59.4 Å². The maximum absolute atomic E-state index is 11.9. The largest absolute Gasteiger partial charge is 0.321 e. The molecule has 92 valence electrons. The Morgan fingerprint density at radius 1 is 1.22 bits per heavy atom. The van der Waals surface area contributed by atoms with E-state index in [0.29, 0.717) is 5.69 Å². The molecule has 1 aromatic carbocycles. The first-order valence-corrected chi connectivity index (χ1v) is 6.71. The Hall–Kier alpha value is -1.68. The Kier molecular flexibility index (Phi) is 4.10. The summed E-state index contributed by atoms with van der Waals surface area (Å²) in [5, 5.41) is 3.63. The lowest BCUT2D eigenvalue weighted by Gasteiger charge is -2.05. The lowest BCUT2D eigenvalue weighted by molar-refractivity contribution is 0.102. The van der Waals surface area contributed by atoms with E-state index in [9.17, 15) is 4.79 Å². The topological polar surface area (TPSA) is 42.0 Å². The highest BCUT2D eigenvalue weighted by Gasteiger charge is 2.07. The summed E-state index contributed by atoms with van der Waals surface area (Å²) < 4.78 is 0. The standard InChI is InChI=1S/C14H13BrN2O/c1-10-3-2-4-13(16-10)14(18)17-12-7-5-11(9-15)6-8-12/h2-8H,9H2,1H3,(H,17,18). The van der Waals surface area contributed by atoms with Gasteiger partial charge in [-0.3, -0.25) is 4.79 Å². The average Bonchev–Trinajstić information content (AvgIpc) is 2.39. The van der Waals surface area contributed by atoms with Gasteiger partial charge in [-0.25, -0.2) is 4.98 Å². The maximum Gasteiger partial charge on any atom is 0.274 e. The second kappa shape index (κ2) is 5.78. The van der Waals surface area contributed by atoms with Gasteiger partial charge in [0.2, 0.25) is 0 Å². The number of rotatable bonds is 3. The number of aromatic nitrogens is 1. The van der Waals surface area contributed by atoms with Crippen LogP contribution in [0.5, 0.6) is 0 Å². The fourth-order valence-corrected chi connectivity index (χ4v) is 1.92. The number of hydrogen-bond donors (Lipinski definition) is 1. The number of carbonyl (C=O) groups excluding carboxylic acids is 1. The highest BCUT2D eigenvalue weighted by atomic mass is 79.9. The third kappa shape index (κ3) is 3.17.